The first kappa shape index (κ1) is 12.1. The molecule has 100 valence electrons. The third-order valence-corrected chi connectivity index (χ3v) is 5.19. The highest BCUT2D eigenvalue weighted by molar-refractivity contribution is 5.52. The molecule has 0 amide bonds. The molecular weight excluding hydrogens is 222 g/mol. The van der Waals surface area contributed by atoms with Crippen LogP contribution in [0.1, 0.15) is 62.8 Å². The first-order chi connectivity index (χ1) is 8.69. The van der Waals surface area contributed by atoms with Crippen LogP contribution in [-0.2, 0) is 0 Å². The number of aryl methyl sites for hydroxylation is 2. The summed E-state index contributed by atoms with van der Waals surface area (Å²) in [4.78, 5) is 0. The quantitative estimate of drug-likeness (QED) is 0.831. The van der Waals surface area contributed by atoms with Crippen molar-refractivity contribution in [2.24, 2.45) is 5.41 Å². The molecule has 18 heavy (non-hydrogen) atoms. The molecule has 2 fully saturated rings. The average Bonchev–Trinajstić information content (AvgIpc) is 2.94. The number of aromatic amines is 1. The van der Waals surface area contributed by atoms with Crippen molar-refractivity contribution >= 4 is 5.69 Å². The number of hydrogen-bond donors (Lipinski definition) is 2. The Kier molecular flexibility index (Phi) is 3.08. The van der Waals surface area contributed by atoms with Gasteiger partial charge in [-0.2, -0.15) is 5.10 Å². The maximum atomic E-state index is 4.27. The average molecular weight is 247 g/mol. The normalized spacial score (nSPS) is 23.7. The summed E-state index contributed by atoms with van der Waals surface area (Å²) in [6, 6.07) is 0.659. The Balaban J connectivity index is 1.60. The molecule has 2 aliphatic carbocycles. The monoisotopic (exact) mass is 247 g/mol. The van der Waals surface area contributed by atoms with Gasteiger partial charge in [0.2, 0.25) is 0 Å². The number of anilines is 1. The Morgan fingerprint density at radius 1 is 1.11 bits per heavy atom. The van der Waals surface area contributed by atoms with E-state index in [1.165, 1.54) is 62.7 Å². The maximum absolute atomic E-state index is 4.27. The number of rotatable bonds is 2. The molecule has 0 atom stereocenters. The topological polar surface area (TPSA) is 40.7 Å². The lowest BCUT2D eigenvalue weighted by atomic mass is 9.71. The second-order valence-electron chi connectivity index (χ2n) is 6.43. The van der Waals surface area contributed by atoms with Crippen LogP contribution in [0.25, 0.3) is 0 Å². The van der Waals surface area contributed by atoms with Gasteiger partial charge in [0.15, 0.2) is 0 Å². The predicted molar refractivity (Wildman–Crippen MR) is 74.8 cm³/mol. The van der Waals surface area contributed by atoms with Crippen molar-refractivity contribution < 1.29 is 0 Å². The van der Waals surface area contributed by atoms with Crippen LogP contribution in [0.2, 0.25) is 0 Å². The summed E-state index contributed by atoms with van der Waals surface area (Å²) in [6.45, 7) is 4.18. The third kappa shape index (κ3) is 2.15. The molecule has 3 rings (SSSR count). The van der Waals surface area contributed by atoms with Gasteiger partial charge in [-0.1, -0.05) is 12.8 Å². The molecule has 3 nitrogen and oxygen atoms in total. The minimum atomic E-state index is 0.659. The summed E-state index contributed by atoms with van der Waals surface area (Å²) in [5.41, 5.74) is 4.25. The predicted octanol–water partition coefficient (Wildman–Crippen LogP) is 3.94. The van der Waals surface area contributed by atoms with Crippen molar-refractivity contribution in [3.63, 3.8) is 0 Å². The smallest absolute Gasteiger partial charge is 0.0825 e. The van der Waals surface area contributed by atoms with Gasteiger partial charge >= 0.3 is 0 Å². The molecule has 0 radical (unpaired) electrons. The van der Waals surface area contributed by atoms with Crippen LogP contribution in [0.5, 0.6) is 0 Å². The fraction of sp³-hybridized carbons (Fsp3) is 0.800. The first-order valence-corrected chi connectivity index (χ1v) is 7.47. The van der Waals surface area contributed by atoms with Crippen molar-refractivity contribution in [2.75, 3.05) is 5.32 Å². The molecule has 1 heterocycles. The largest absolute Gasteiger partial charge is 0.379 e. The summed E-state index contributed by atoms with van der Waals surface area (Å²) >= 11 is 0. The highest BCUT2D eigenvalue weighted by Crippen LogP contribution is 2.49. The van der Waals surface area contributed by atoms with Crippen LogP contribution in [0.4, 0.5) is 5.69 Å². The van der Waals surface area contributed by atoms with Gasteiger partial charge in [0.25, 0.3) is 0 Å². The molecule has 2 aliphatic rings. The number of nitrogens with one attached hydrogen (secondary N) is 2. The van der Waals surface area contributed by atoms with Gasteiger partial charge in [0, 0.05) is 6.04 Å². The van der Waals surface area contributed by atoms with Crippen molar-refractivity contribution in [1.82, 2.24) is 10.2 Å². The van der Waals surface area contributed by atoms with E-state index in [0.29, 0.717) is 6.04 Å². The SMILES string of the molecule is Cc1n[nH]c(C)c1NC1CCC2(CCCC2)CC1. The van der Waals surface area contributed by atoms with E-state index in [2.05, 4.69) is 29.4 Å². The summed E-state index contributed by atoms with van der Waals surface area (Å²) < 4.78 is 0. The van der Waals surface area contributed by atoms with Crippen LogP contribution in [-0.4, -0.2) is 16.2 Å². The fourth-order valence-corrected chi connectivity index (χ4v) is 3.97. The lowest BCUT2D eigenvalue weighted by Gasteiger charge is -2.37. The van der Waals surface area contributed by atoms with Crippen molar-refractivity contribution in [2.45, 2.75) is 71.3 Å². The molecule has 2 N–H and O–H groups in total. The zero-order chi connectivity index (χ0) is 12.6. The van der Waals surface area contributed by atoms with Gasteiger partial charge in [0.05, 0.1) is 17.1 Å². The van der Waals surface area contributed by atoms with Crippen LogP contribution >= 0.6 is 0 Å². The van der Waals surface area contributed by atoms with E-state index in [1.807, 2.05) is 0 Å². The van der Waals surface area contributed by atoms with E-state index >= 15 is 0 Å². The summed E-state index contributed by atoms with van der Waals surface area (Å²) in [5.74, 6) is 0. The molecule has 0 aliphatic heterocycles. The molecule has 1 aromatic heterocycles. The van der Waals surface area contributed by atoms with Gasteiger partial charge in [-0.25, -0.2) is 0 Å². The van der Waals surface area contributed by atoms with E-state index in [4.69, 9.17) is 0 Å². The lowest BCUT2D eigenvalue weighted by Crippen LogP contribution is -2.31. The van der Waals surface area contributed by atoms with Gasteiger partial charge in [-0.05, 0) is 57.8 Å². The molecule has 0 bridgehead atoms. The Morgan fingerprint density at radius 3 is 2.33 bits per heavy atom. The Morgan fingerprint density at radius 2 is 1.78 bits per heavy atom. The second-order valence-corrected chi connectivity index (χ2v) is 6.43. The standard InChI is InChI=1S/C15H25N3/c1-11-14(12(2)18-17-11)16-13-5-9-15(10-6-13)7-3-4-8-15/h13,16H,3-10H2,1-2H3,(H,17,18). The summed E-state index contributed by atoms with van der Waals surface area (Å²) in [6.07, 6.45) is 11.5. The highest BCUT2D eigenvalue weighted by Gasteiger charge is 2.37. The minimum Gasteiger partial charge on any atom is -0.379 e. The zero-order valence-corrected chi connectivity index (χ0v) is 11.7. The molecule has 0 aromatic carbocycles. The van der Waals surface area contributed by atoms with E-state index in [1.54, 1.807) is 0 Å². The molecule has 3 heteroatoms. The van der Waals surface area contributed by atoms with Gasteiger partial charge in [-0.15, -0.1) is 0 Å². The highest BCUT2D eigenvalue weighted by atomic mass is 15.2. The van der Waals surface area contributed by atoms with Gasteiger partial charge in [-0.3, -0.25) is 5.10 Å². The lowest BCUT2D eigenvalue weighted by molar-refractivity contribution is 0.188. The maximum Gasteiger partial charge on any atom is 0.0825 e. The fourth-order valence-electron chi connectivity index (χ4n) is 3.97. The van der Waals surface area contributed by atoms with Crippen LogP contribution in [0, 0.1) is 19.3 Å². The molecule has 1 spiro atoms. The van der Waals surface area contributed by atoms with E-state index in [9.17, 15) is 0 Å². The molecule has 0 unspecified atom stereocenters. The van der Waals surface area contributed by atoms with Gasteiger partial charge in [0.1, 0.15) is 0 Å². The summed E-state index contributed by atoms with van der Waals surface area (Å²) in [5, 5.41) is 11.0. The molecule has 0 saturated heterocycles. The molecule has 1 aromatic rings. The summed E-state index contributed by atoms with van der Waals surface area (Å²) in [7, 11) is 0. The number of nitrogens with zero attached hydrogens (tertiary/aromatic N) is 1. The molecular formula is C15H25N3. The minimum absolute atomic E-state index is 0.659. The Labute approximate surface area is 110 Å². The van der Waals surface area contributed by atoms with Crippen molar-refractivity contribution in [1.29, 1.82) is 0 Å². The van der Waals surface area contributed by atoms with Crippen LogP contribution < -0.4 is 5.32 Å². The van der Waals surface area contributed by atoms with Crippen LogP contribution in [0.3, 0.4) is 0 Å². The number of aromatic nitrogens is 2. The van der Waals surface area contributed by atoms with Crippen molar-refractivity contribution in [3.8, 4) is 0 Å². The van der Waals surface area contributed by atoms with Crippen LogP contribution in [0.15, 0.2) is 0 Å². The second kappa shape index (κ2) is 4.60. The molecule has 2 saturated carbocycles. The van der Waals surface area contributed by atoms with E-state index in [0.717, 1.165) is 11.1 Å². The zero-order valence-electron chi connectivity index (χ0n) is 11.7. The van der Waals surface area contributed by atoms with Gasteiger partial charge < -0.3 is 5.32 Å². The number of H-pyrrole nitrogens is 1. The van der Waals surface area contributed by atoms with E-state index in [-0.39, 0.29) is 0 Å². The number of hydrogen-bond acceptors (Lipinski definition) is 2. The Bertz CT molecular complexity index is 386. The third-order valence-electron chi connectivity index (χ3n) is 5.19. The Hall–Kier alpha value is -0.990. The first-order valence-electron chi connectivity index (χ1n) is 7.47. The van der Waals surface area contributed by atoms with Crippen molar-refractivity contribution in [3.05, 3.63) is 11.4 Å². The van der Waals surface area contributed by atoms with E-state index < -0.39 is 0 Å².